The van der Waals surface area contributed by atoms with Gasteiger partial charge in [-0.05, 0) is 33.8 Å². The number of likely N-dealkylation sites (N-methyl/N-ethyl adjacent to an activating group) is 1. The maximum Gasteiger partial charge on any atom is 0.104 e. The SMILES string of the molecule is CC(C)N(C1=CC=CCN1C)C(C)C. The van der Waals surface area contributed by atoms with E-state index in [4.69, 9.17) is 0 Å². The highest BCUT2D eigenvalue weighted by Gasteiger charge is 2.19. The van der Waals surface area contributed by atoms with E-state index in [-0.39, 0.29) is 0 Å². The van der Waals surface area contributed by atoms with E-state index in [0.29, 0.717) is 12.1 Å². The van der Waals surface area contributed by atoms with Crippen molar-refractivity contribution in [2.45, 2.75) is 39.8 Å². The van der Waals surface area contributed by atoms with E-state index >= 15 is 0 Å². The average molecular weight is 194 g/mol. The lowest BCUT2D eigenvalue weighted by molar-refractivity contribution is 0.167. The molecule has 0 saturated heterocycles. The Kier molecular flexibility index (Phi) is 3.62. The molecule has 80 valence electrons. The lowest BCUT2D eigenvalue weighted by atomic mass is 10.2. The molecule has 0 atom stereocenters. The minimum atomic E-state index is 0.551. The van der Waals surface area contributed by atoms with Crippen LogP contribution in [0.25, 0.3) is 0 Å². The maximum atomic E-state index is 2.45. The second-order valence-corrected chi connectivity index (χ2v) is 4.43. The summed E-state index contributed by atoms with van der Waals surface area (Å²) in [6, 6.07) is 1.10. The fraction of sp³-hybridized carbons (Fsp3) is 0.667. The topological polar surface area (TPSA) is 6.48 Å². The lowest BCUT2D eigenvalue weighted by Gasteiger charge is -2.40. The third kappa shape index (κ3) is 2.31. The van der Waals surface area contributed by atoms with Crippen molar-refractivity contribution in [2.75, 3.05) is 13.6 Å². The summed E-state index contributed by atoms with van der Waals surface area (Å²) < 4.78 is 0. The first-order valence-electron chi connectivity index (χ1n) is 5.40. The van der Waals surface area contributed by atoms with Crippen LogP contribution in [0.4, 0.5) is 0 Å². The van der Waals surface area contributed by atoms with Gasteiger partial charge in [0.15, 0.2) is 0 Å². The maximum absolute atomic E-state index is 2.45. The molecule has 1 aliphatic rings. The lowest BCUT2D eigenvalue weighted by Crippen LogP contribution is -2.42. The fourth-order valence-corrected chi connectivity index (χ4v) is 2.00. The molecular formula is C12H22N2. The predicted molar refractivity (Wildman–Crippen MR) is 62.0 cm³/mol. The number of nitrogens with zero attached hydrogens (tertiary/aromatic N) is 2. The molecule has 2 nitrogen and oxygen atoms in total. The van der Waals surface area contributed by atoms with Crippen LogP contribution in [0.1, 0.15) is 27.7 Å². The van der Waals surface area contributed by atoms with Crippen molar-refractivity contribution in [2.24, 2.45) is 0 Å². The van der Waals surface area contributed by atoms with Gasteiger partial charge in [-0.3, -0.25) is 0 Å². The van der Waals surface area contributed by atoms with Gasteiger partial charge >= 0.3 is 0 Å². The quantitative estimate of drug-likeness (QED) is 0.681. The van der Waals surface area contributed by atoms with Gasteiger partial charge < -0.3 is 9.80 Å². The summed E-state index contributed by atoms with van der Waals surface area (Å²) in [4.78, 5) is 4.74. The van der Waals surface area contributed by atoms with Crippen LogP contribution in [-0.4, -0.2) is 35.5 Å². The van der Waals surface area contributed by atoms with Crippen LogP contribution in [-0.2, 0) is 0 Å². The van der Waals surface area contributed by atoms with E-state index in [0.717, 1.165) is 6.54 Å². The van der Waals surface area contributed by atoms with Gasteiger partial charge in [-0.1, -0.05) is 12.2 Å². The van der Waals surface area contributed by atoms with E-state index in [2.05, 4.69) is 62.8 Å². The molecule has 0 radical (unpaired) electrons. The molecule has 14 heavy (non-hydrogen) atoms. The van der Waals surface area contributed by atoms with Crippen molar-refractivity contribution in [1.82, 2.24) is 9.80 Å². The minimum Gasteiger partial charge on any atom is -0.358 e. The summed E-state index contributed by atoms with van der Waals surface area (Å²) in [6.07, 6.45) is 6.53. The Morgan fingerprint density at radius 1 is 1.21 bits per heavy atom. The van der Waals surface area contributed by atoms with Crippen LogP contribution in [0.5, 0.6) is 0 Å². The van der Waals surface area contributed by atoms with Gasteiger partial charge in [0.1, 0.15) is 5.82 Å². The smallest absolute Gasteiger partial charge is 0.104 e. The molecule has 0 aliphatic carbocycles. The molecule has 1 aliphatic heterocycles. The summed E-state index contributed by atoms with van der Waals surface area (Å²) in [5.41, 5.74) is 0. The Labute approximate surface area is 87.9 Å². The van der Waals surface area contributed by atoms with Crippen molar-refractivity contribution in [1.29, 1.82) is 0 Å². The first kappa shape index (κ1) is 11.2. The van der Waals surface area contributed by atoms with Crippen LogP contribution < -0.4 is 0 Å². The normalized spacial score (nSPS) is 16.5. The van der Waals surface area contributed by atoms with Crippen molar-refractivity contribution in [3.8, 4) is 0 Å². The third-order valence-electron chi connectivity index (χ3n) is 2.53. The second-order valence-electron chi connectivity index (χ2n) is 4.43. The Bertz CT molecular complexity index is 231. The van der Waals surface area contributed by atoms with Crippen LogP contribution >= 0.6 is 0 Å². The standard InChI is InChI=1S/C12H22N2/c1-10(2)14(11(3)4)12-8-6-7-9-13(12)5/h6-8,10-11H,9H2,1-5H3. The first-order chi connectivity index (χ1) is 6.54. The Hall–Kier alpha value is -0.920. The predicted octanol–water partition coefficient (Wildman–Crippen LogP) is 2.45. The highest BCUT2D eigenvalue weighted by molar-refractivity contribution is 5.17. The summed E-state index contributed by atoms with van der Waals surface area (Å²) in [7, 11) is 2.15. The highest BCUT2D eigenvalue weighted by atomic mass is 15.3. The zero-order valence-corrected chi connectivity index (χ0v) is 9.99. The number of hydrogen-bond donors (Lipinski definition) is 0. The van der Waals surface area contributed by atoms with Gasteiger partial charge in [0.05, 0.1) is 0 Å². The average Bonchev–Trinajstić information content (AvgIpc) is 2.07. The second kappa shape index (κ2) is 4.54. The van der Waals surface area contributed by atoms with Crippen molar-refractivity contribution < 1.29 is 0 Å². The van der Waals surface area contributed by atoms with Crippen LogP contribution in [0.2, 0.25) is 0 Å². The van der Waals surface area contributed by atoms with E-state index in [1.165, 1.54) is 5.82 Å². The molecule has 0 aromatic rings. The van der Waals surface area contributed by atoms with Gasteiger partial charge in [-0.2, -0.15) is 0 Å². The molecule has 0 aromatic heterocycles. The summed E-state index contributed by atoms with van der Waals surface area (Å²) >= 11 is 0. The van der Waals surface area contributed by atoms with Crippen molar-refractivity contribution in [3.63, 3.8) is 0 Å². The molecule has 0 fully saturated rings. The monoisotopic (exact) mass is 194 g/mol. The van der Waals surface area contributed by atoms with Gasteiger partial charge in [-0.25, -0.2) is 0 Å². The molecule has 0 bridgehead atoms. The molecular weight excluding hydrogens is 172 g/mol. The largest absolute Gasteiger partial charge is 0.358 e. The van der Waals surface area contributed by atoms with Gasteiger partial charge in [0.25, 0.3) is 0 Å². The number of allylic oxidation sites excluding steroid dienone is 2. The summed E-state index contributed by atoms with van der Waals surface area (Å²) in [5.74, 6) is 1.33. The first-order valence-corrected chi connectivity index (χ1v) is 5.40. The van der Waals surface area contributed by atoms with Crippen molar-refractivity contribution in [3.05, 3.63) is 24.0 Å². The Morgan fingerprint density at radius 3 is 2.21 bits per heavy atom. The van der Waals surface area contributed by atoms with Crippen molar-refractivity contribution >= 4 is 0 Å². The van der Waals surface area contributed by atoms with E-state index in [1.807, 2.05) is 0 Å². The molecule has 0 saturated carbocycles. The molecule has 2 heteroatoms. The molecule has 0 spiro atoms. The Morgan fingerprint density at radius 2 is 1.79 bits per heavy atom. The molecule has 0 unspecified atom stereocenters. The highest BCUT2D eigenvalue weighted by Crippen LogP contribution is 2.18. The molecule has 1 rings (SSSR count). The number of hydrogen-bond acceptors (Lipinski definition) is 2. The van der Waals surface area contributed by atoms with Gasteiger partial charge in [-0.15, -0.1) is 0 Å². The summed E-state index contributed by atoms with van der Waals surface area (Å²) in [5, 5.41) is 0. The molecule has 1 heterocycles. The van der Waals surface area contributed by atoms with Crippen LogP contribution in [0.3, 0.4) is 0 Å². The molecule has 0 N–H and O–H groups in total. The fourth-order valence-electron chi connectivity index (χ4n) is 2.00. The number of rotatable bonds is 3. The van der Waals surface area contributed by atoms with E-state index in [1.54, 1.807) is 0 Å². The molecule has 0 aromatic carbocycles. The van der Waals surface area contributed by atoms with Gasteiger partial charge in [0.2, 0.25) is 0 Å². The van der Waals surface area contributed by atoms with Crippen LogP contribution in [0.15, 0.2) is 24.0 Å². The Balaban J connectivity index is 2.87. The zero-order chi connectivity index (χ0) is 10.7. The summed E-state index contributed by atoms with van der Waals surface area (Å²) in [6.45, 7) is 9.99. The molecule has 0 amide bonds. The third-order valence-corrected chi connectivity index (χ3v) is 2.53. The van der Waals surface area contributed by atoms with E-state index in [9.17, 15) is 0 Å². The van der Waals surface area contributed by atoms with Gasteiger partial charge in [0, 0.05) is 25.7 Å². The van der Waals surface area contributed by atoms with E-state index < -0.39 is 0 Å². The van der Waals surface area contributed by atoms with Crippen LogP contribution in [0, 0.1) is 0 Å². The zero-order valence-electron chi connectivity index (χ0n) is 9.99. The minimum absolute atomic E-state index is 0.551.